The van der Waals surface area contributed by atoms with Gasteiger partial charge in [-0.3, -0.25) is 4.90 Å². The van der Waals surface area contributed by atoms with Crippen LogP contribution in [0.4, 0.5) is 0 Å². The molecule has 4 nitrogen and oxygen atoms in total. The van der Waals surface area contributed by atoms with Gasteiger partial charge in [0.25, 0.3) is 0 Å². The van der Waals surface area contributed by atoms with E-state index in [1.165, 1.54) is 0 Å². The smallest absolute Gasteiger partial charge is 0.216 e. The largest absolute Gasteiger partial charge is 0.356 e. The molecule has 2 atom stereocenters. The van der Waals surface area contributed by atoms with Crippen LogP contribution in [0.1, 0.15) is 27.2 Å². The average molecular weight is 202 g/mol. The Balaban J connectivity index is 2.39. The lowest BCUT2D eigenvalue weighted by Gasteiger charge is -2.33. The molecule has 1 saturated heterocycles. The quantitative estimate of drug-likeness (QED) is 0.649. The van der Waals surface area contributed by atoms with Crippen LogP contribution in [0.25, 0.3) is 0 Å². The third kappa shape index (κ3) is 3.53. The molecule has 1 heterocycles. The Labute approximate surface area is 86.2 Å². The van der Waals surface area contributed by atoms with Crippen LogP contribution in [0.3, 0.4) is 0 Å². The lowest BCUT2D eigenvalue weighted by atomic mass is 10.2. The van der Waals surface area contributed by atoms with E-state index in [2.05, 4.69) is 5.32 Å². The molecule has 0 saturated carbocycles. The van der Waals surface area contributed by atoms with E-state index in [0.29, 0.717) is 6.04 Å². The summed E-state index contributed by atoms with van der Waals surface area (Å²) in [7, 11) is 1.90. The molecule has 0 aromatic heterocycles. The molecule has 1 fully saturated rings. The van der Waals surface area contributed by atoms with Crippen LogP contribution in [0.2, 0.25) is 0 Å². The third-order valence-electron chi connectivity index (χ3n) is 2.42. The number of rotatable bonds is 3. The molecule has 1 rings (SSSR count). The van der Waals surface area contributed by atoms with Crippen molar-refractivity contribution in [3.05, 3.63) is 0 Å². The van der Waals surface area contributed by atoms with Crippen molar-refractivity contribution in [1.82, 2.24) is 10.2 Å². The molecular formula is C10H22N2O2. The summed E-state index contributed by atoms with van der Waals surface area (Å²) in [4.78, 5) is 1.88. The van der Waals surface area contributed by atoms with Gasteiger partial charge in [-0.05, 0) is 40.8 Å². The van der Waals surface area contributed by atoms with Crippen molar-refractivity contribution in [2.24, 2.45) is 0 Å². The van der Waals surface area contributed by atoms with Crippen molar-refractivity contribution in [2.75, 3.05) is 20.1 Å². The zero-order valence-corrected chi connectivity index (χ0v) is 9.58. The Bertz CT molecular complexity index is 173. The first kappa shape index (κ1) is 11.9. The molecule has 1 unspecified atom stereocenters. The highest BCUT2D eigenvalue weighted by molar-refractivity contribution is 4.78. The summed E-state index contributed by atoms with van der Waals surface area (Å²) in [6.07, 6.45) is 0.265. The zero-order valence-electron chi connectivity index (χ0n) is 9.58. The summed E-state index contributed by atoms with van der Waals surface area (Å²) in [5, 5.41) is 13.1. The predicted molar refractivity (Wildman–Crippen MR) is 55.9 cm³/mol. The first-order valence-corrected chi connectivity index (χ1v) is 5.19. The summed E-state index contributed by atoms with van der Waals surface area (Å²) in [6.45, 7) is 7.78. The van der Waals surface area contributed by atoms with Gasteiger partial charge in [0.15, 0.2) is 0 Å². The molecule has 1 aliphatic rings. The van der Waals surface area contributed by atoms with Crippen molar-refractivity contribution < 1.29 is 9.84 Å². The minimum Gasteiger partial charge on any atom is -0.356 e. The van der Waals surface area contributed by atoms with Gasteiger partial charge in [0.2, 0.25) is 6.41 Å². The van der Waals surface area contributed by atoms with Crippen LogP contribution in [-0.4, -0.2) is 48.2 Å². The average Bonchev–Trinajstić information content (AvgIpc) is 2.51. The number of likely N-dealkylation sites (N-methyl/N-ethyl adjacent to an activating group) is 1. The normalized spacial score (nSPS) is 25.7. The number of hydrogen-bond donors (Lipinski definition) is 2. The second-order valence-electron chi connectivity index (χ2n) is 4.87. The van der Waals surface area contributed by atoms with Gasteiger partial charge in [-0.15, -0.1) is 0 Å². The van der Waals surface area contributed by atoms with Crippen LogP contribution < -0.4 is 5.32 Å². The van der Waals surface area contributed by atoms with Gasteiger partial charge in [0.1, 0.15) is 0 Å². The molecule has 0 aromatic carbocycles. The fraction of sp³-hybridized carbons (Fsp3) is 1.00. The SMILES string of the molecule is CN(C(O)OC(C)(C)C)[C@@H]1CCNC1. The van der Waals surface area contributed by atoms with E-state index in [4.69, 9.17) is 4.74 Å². The van der Waals surface area contributed by atoms with Crippen molar-refractivity contribution >= 4 is 0 Å². The van der Waals surface area contributed by atoms with Gasteiger partial charge >= 0.3 is 0 Å². The van der Waals surface area contributed by atoms with Crippen LogP contribution in [-0.2, 0) is 4.74 Å². The molecule has 14 heavy (non-hydrogen) atoms. The van der Waals surface area contributed by atoms with E-state index in [9.17, 15) is 5.11 Å². The van der Waals surface area contributed by atoms with Gasteiger partial charge < -0.3 is 15.2 Å². The molecule has 84 valence electrons. The second-order valence-corrected chi connectivity index (χ2v) is 4.87. The molecule has 1 aliphatic heterocycles. The number of ether oxygens (including phenoxy) is 1. The minimum absolute atomic E-state index is 0.306. The molecule has 4 heteroatoms. The second kappa shape index (κ2) is 4.57. The summed E-state index contributed by atoms with van der Waals surface area (Å²) >= 11 is 0. The lowest BCUT2D eigenvalue weighted by Crippen LogP contribution is -2.45. The Morgan fingerprint density at radius 2 is 2.14 bits per heavy atom. The molecule has 0 aromatic rings. The zero-order chi connectivity index (χ0) is 10.8. The maximum Gasteiger partial charge on any atom is 0.216 e. The minimum atomic E-state index is -0.806. The number of hydrogen-bond acceptors (Lipinski definition) is 4. The molecule has 0 spiro atoms. The van der Waals surface area contributed by atoms with Crippen LogP contribution in [0, 0.1) is 0 Å². The summed E-state index contributed by atoms with van der Waals surface area (Å²) < 4.78 is 5.47. The fourth-order valence-electron chi connectivity index (χ4n) is 1.57. The summed E-state index contributed by atoms with van der Waals surface area (Å²) in [5.74, 6) is 0. The standard InChI is InChI=1S/C10H22N2O2/c1-10(2,3)14-9(13)12(4)8-5-6-11-7-8/h8-9,11,13H,5-7H2,1-4H3/t8-,9?/m1/s1. The maximum absolute atomic E-state index is 9.79. The number of nitrogens with one attached hydrogen (secondary N) is 1. The first-order chi connectivity index (χ1) is 6.40. The van der Waals surface area contributed by atoms with Crippen LogP contribution in [0.5, 0.6) is 0 Å². The van der Waals surface area contributed by atoms with Crippen molar-refractivity contribution in [3.8, 4) is 0 Å². The van der Waals surface area contributed by atoms with E-state index < -0.39 is 6.41 Å². The Kier molecular flexibility index (Phi) is 3.89. The molecule has 0 aliphatic carbocycles. The number of aliphatic hydroxyl groups excluding tert-OH is 1. The van der Waals surface area contributed by atoms with E-state index in [1.807, 2.05) is 32.7 Å². The van der Waals surface area contributed by atoms with Crippen molar-refractivity contribution in [1.29, 1.82) is 0 Å². The Hall–Kier alpha value is -0.160. The van der Waals surface area contributed by atoms with Gasteiger partial charge in [0.05, 0.1) is 5.60 Å². The highest BCUT2D eigenvalue weighted by Gasteiger charge is 2.27. The fourth-order valence-corrected chi connectivity index (χ4v) is 1.57. The van der Waals surface area contributed by atoms with Crippen LogP contribution >= 0.6 is 0 Å². The lowest BCUT2D eigenvalue weighted by molar-refractivity contribution is -0.240. The van der Waals surface area contributed by atoms with E-state index in [1.54, 1.807) is 0 Å². The predicted octanol–water partition coefficient (Wildman–Crippen LogP) is 0.371. The van der Waals surface area contributed by atoms with Gasteiger partial charge in [-0.1, -0.05) is 0 Å². The van der Waals surface area contributed by atoms with E-state index in [-0.39, 0.29) is 5.60 Å². The number of nitrogens with zero attached hydrogens (tertiary/aromatic N) is 1. The monoisotopic (exact) mass is 202 g/mol. The molecule has 0 amide bonds. The summed E-state index contributed by atoms with van der Waals surface area (Å²) in [5.41, 5.74) is -0.306. The van der Waals surface area contributed by atoms with Gasteiger partial charge in [0, 0.05) is 12.6 Å². The maximum atomic E-state index is 9.79. The van der Waals surface area contributed by atoms with Gasteiger partial charge in [-0.25, -0.2) is 0 Å². The molecular weight excluding hydrogens is 180 g/mol. The molecule has 2 N–H and O–H groups in total. The Morgan fingerprint density at radius 1 is 1.50 bits per heavy atom. The summed E-state index contributed by atoms with van der Waals surface area (Å²) in [6, 6.07) is 0.382. The highest BCUT2D eigenvalue weighted by Crippen LogP contribution is 2.15. The van der Waals surface area contributed by atoms with Crippen LogP contribution in [0.15, 0.2) is 0 Å². The topological polar surface area (TPSA) is 44.7 Å². The molecule has 0 bridgehead atoms. The molecule has 0 radical (unpaired) electrons. The number of aliphatic hydroxyl groups is 1. The van der Waals surface area contributed by atoms with E-state index in [0.717, 1.165) is 19.5 Å². The van der Waals surface area contributed by atoms with Crippen molar-refractivity contribution in [2.45, 2.75) is 45.2 Å². The van der Waals surface area contributed by atoms with Crippen molar-refractivity contribution in [3.63, 3.8) is 0 Å². The van der Waals surface area contributed by atoms with E-state index >= 15 is 0 Å². The van der Waals surface area contributed by atoms with Gasteiger partial charge in [-0.2, -0.15) is 0 Å². The highest BCUT2D eigenvalue weighted by atomic mass is 16.6. The Morgan fingerprint density at radius 3 is 2.57 bits per heavy atom. The first-order valence-electron chi connectivity index (χ1n) is 5.19. The third-order valence-corrected chi connectivity index (χ3v) is 2.42.